The zero-order valence-corrected chi connectivity index (χ0v) is 25.1. The summed E-state index contributed by atoms with van der Waals surface area (Å²) in [4.78, 5) is 2.36. The van der Waals surface area contributed by atoms with Crippen molar-refractivity contribution in [3.8, 4) is 22.3 Å². The summed E-state index contributed by atoms with van der Waals surface area (Å²) >= 11 is 0. The molecule has 0 spiro atoms. The van der Waals surface area contributed by atoms with Crippen molar-refractivity contribution in [3.05, 3.63) is 176 Å². The molecular weight excluding hydrogens is 558 g/mol. The van der Waals surface area contributed by atoms with Gasteiger partial charge in [0.2, 0.25) is 0 Å². The summed E-state index contributed by atoms with van der Waals surface area (Å²) in [7, 11) is 0. The molecule has 0 aliphatic heterocycles. The normalized spacial score (nSPS) is 11.5. The maximum atomic E-state index is 6.18. The summed E-state index contributed by atoms with van der Waals surface area (Å²) in [5.41, 5.74) is 9.96. The van der Waals surface area contributed by atoms with E-state index in [4.69, 9.17) is 4.42 Å². The van der Waals surface area contributed by atoms with Crippen LogP contribution in [-0.2, 0) is 0 Å². The van der Waals surface area contributed by atoms with E-state index in [0.29, 0.717) is 0 Å². The smallest absolute Gasteiger partial charge is 0.135 e. The highest BCUT2D eigenvalue weighted by molar-refractivity contribution is 6.07. The van der Waals surface area contributed by atoms with E-state index in [1.165, 1.54) is 43.8 Å². The summed E-state index contributed by atoms with van der Waals surface area (Å²) in [6.45, 7) is 0. The number of hydrogen-bond donors (Lipinski definition) is 0. The van der Waals surface area contributed by atoms with Crippen LogP contribution in [0.15, 0.2) is 180 Å². The van der Waals surface area contributed by atoms with Gasteiger partial charge in [-0.05, 0) is 86.9 Å². The Morgan fingerprint density at radius 1 is 0.348 bits per heavy atom. The number of benzene rings is 8. The number of fused-ring (bicyclic) bond motifs is 5. The van der Waals surface area contributed by atoms with E-state index in [9.17, 15) is 0 Å². The van der Waals surface area contributed by atoms with Gasteiger partial charge in [0.15, 0.2) is 0 Å². The quantitative estimate of drug-likeness (QED) is 0.199. The maximum absolute atomic E-state index is 6.18. The predicted molar refractivity (Wildman–Crippen MR) is 194 cm³/mol. The molecule has 0 saturated carbocycles. The van der Waals surface area contributed by atoms with Gasteiger partial charge in [0.05, 0.1) is 5.69 Å². The van der Waals surface area contributed by atoms with Crippen molar-refractivity contribution in [1.82, 2.24) is 0 Å². The predicted octanol–water partition coefficient (Wildman–Crippen LogP) is 12.7. The largest absolute Gasteiger partial charge is 0.456 e. The Bertz CT molecular complexity index is 2530. The second kappa shape index (κ2) is 10.8. The Balaban J connectivity index is 1.17. The van der Waals surface area contributed by atoms with Crippen LogP contribution in [-0.4, -0.2) is 0 Å². The van der Waals surface area contributed by atoms with Crippen molar-refractivity contribution in [2.24, 2.45) is 0 Å². The molecule has 2 heteroatoms. The molecule has 0 fully saturated rings. The summed E-state index contributed by atoms with van der Waals surface area (Å²) in [6.07, 6.45) is 0. The monoisotopic (exact) mass is 587 g/mol. The van der Waals surface area contributed by atoms with Gasteiger partial charge >= 0.3 is 0 Å². The third-order valence-electron chi connectivity index (χ3n) is 9.05. The average Bonchev–Trinajstić information content (AvgIpc) is 3.50. The Morgan fingerprint density at radius 2 is 0.957 bits per heavy atom. The number of anilines is 3. The van der Waals surface area contributed by atoms with Gasteiger partial charge in [0.1, 0.15) is 11.2 Å². The van der Waals surface area contributed by atoms with Gasteiger partial charge in [0.25, 0.3) is 0 Å². The minimum atomic E-state index is 0.893. The van der Waals surface area contributed by atoms with Crippen LogP contribution in [0, 0.1) is 0 Å². The molecule has 1 aromatic heterocycles. The molecule has 2 nitrogen and oxygen atoms in total. The summed E-state index contributed by atoms with van der Waals surface area (Å²) in [5, 5.41) is 7.17. The molecule has 9 aromatic rings. The first kappa shape index (κ1) is 26.3. The SMILES string of the molecule is c1cc(-c2ccc(N(c3ccc4oc5ccccc5c4c3)c3cccc4ccccc34)cc2)cc(-c2cccc3ccccc23)c1. The van der Waals surface area contributed by atoms with Gasteiger partial charge in [0, 0.05) is 27.5 Å². The van der Waals surface area contributed by atoms with Crippen LogP contribution in [0.25, 0.3) is 65.7 Å². The molecule has 46 heavy (non-hydrogen) atoms. The van der Waals surface area contributed by atoms with Gasteiger partial charge < -0.3 is 9.32 Å². The van der Waals surface area contributed by atoms with Crippen LogP contribution in [0.2, 0.25) is 0 Å². The molecule has 0 radical (unpaired) electrons. The lowest BCUT2D eigenvalue weighted by Crippen LogP contribution is -2.10. The lowest BCUT2D eigenvalue weighted by Gasteiger charge is -2.27. The van der Waals surface area contributed by atoms with Crippen molar-refractivity contribution in [2.75, 3.05) is 4.90 Å². The molecule has 0 saturated heterocycles. The van der Waals surface area contributed by atoms with E-state index in [1.54, 1.807) is 0 Å². The second-order valence-corrected chi connectivity index (χ2v) is 11.8. The Kier molecular flexibility index (Phi) is 6.17. The van der Waals surface area contributed by atoms with Crippen molar-refractivity contribution in [1.29, 1.82) is 0 Å². The zero-order valence-electron chi connectivity index (χ0n) is 25.1. The van der Waals surface area contributed by atoms with Crippen LogP contribution in [0.5, 0.6) is 0 Å². The summed E-state index contributed by atoms with van der Waals surface area (Å²) in [6, 6.07) is 62.8. The lowest BCUT2D eigenvalue weighted by molar-refractivity contribution is 0.669. The van der Waals surface area contributed by atoms with Crippen molar-refractivity contribution in [3.63, 3.8) is 0 Å². The van der Waals surface area contributed by atoms with Crippen LogP contribution in [0.4, 0.5) is 17.1 Å². The van der Waals surface area contributed by atoms with Crippen LogP contribution < -0.4 is 4.90 Å². The van der Waals surface area contributed by atoms with E-state index in [-0.39, 0.29) is 0 Å². The van der Waals surface area contributed by atoms with E-state index < -0.39 is 0 Å². The van der Waals surface area contributed by atoms with Gasteiger partial charge in [-0.1, -0.05) is 127 Å². The fourth-order valence-electron chi connectivity index (χ4n) is 6.83. The molecule has 0 aliphatic carbocycles. The summed E-state index contributed by atoms with van der Waals surface area (Å²) < 4.78 is 6.18. The highest BCUT2D eigenvalue weighted by Crippen LogP contribution is 2.42. The van der Waals surface area contributed by atoms with Crippen LogP contribution >= 0.6 is 0 Å². The number of hydrogen-bond acceptors (Lipinski definition) is 2. The molecular formula is C44H29NO. The zero-order chi connectivity index (χ0) is 30.5. The minimum Gasteiger partial charge on any atom is -0.456 e. The molecule has 0 atom stereocenters. The Hall–Kier alpha value is -6.12. The maximum Gasteiger partial charge on any atom is 0.135 e. The third-order valence-corrected chi connectivity index (χ3v) is 9.05. The fraction of sp³-hybridized carbons (Fsp3) is 0. The van der Waals surface area contributed by atoms with Crippen molar-refractivity contribution >= 4 is 60.5 Å². The fourth-order valence-corrected chi connectivity index (χ4v) is 6.83. The number of furan rings is 1. The highest BCUT2D eigenvalue weighted by Gasteiger charge is 2.18. The Labute approximate surface area is 267 Å². The van der Waals surface area contributed by atoms with Gasteiger partial charge in [-0.3, -0.25) is 0 Å². The molecule has 0 N–H and O–H groups in total. The van der Waals surface area contributed by atoms with Gasteiger partial charge in [-0.2, -0.15) is 0 Å². The van der Waals surface area contributed by atoms with Crippen LogP contribution in [0.3, 0.4) is 0 Å². The minimum absolute atomic E-state index is 0.893. The first-order valence-electron chi connectivity index (χ1n) is 15.7. The van der Waals surface area contributed by atoms with Crippen molar-refractivity contribution < 1.29 is 4.42 Å². The Morgan fingerprint density at radius 3 is 1.80 bits per heavy atom. The first-order valence-corrected chi connectivity index (χ1v) is 15.7. The van der Waals surface area contributed by atoms with E-state index in [0.717, 1.165) is 39.0 Å². The molecule has 8 aromatic carbocycles. The molecule has 0 amide bonds. The molecule has 0 unspecified atom stereocenters. The average molecular weight is 588 g/mol. The molecule has 9 rings (SSSR count). The molecule has 1 heterocycles. The van der Waals surface area contributed by atoms with E-state index in [1.807, 2.05) is 12.1 Å². The van der Waals surface area contributed by atoms with E-state index in [2.05, 4.69) is 169 Å². The highest BCUT2D eigenvalue weighted by atomic mass is 16.3. The van der Waals surface area contributed by atoms with Gasteiger partial charge in [-0.25, -0.2) is 0 Å². The number of rotatable bonds is 5. The van der Waals surface area contributed by atoms with Crippen molar-refractivity contribution in [2.45, 2.75) is 0 Å². The standard InChI is InChI=1S/C44H29NO/c1-3-16-37-31(10-1)12-8-19-38(37)34-15-7-14-33(28-34)30-22-24-35(25-23-30)45(42-20-9-13-32-11-2-4-17-39(32)42)36-26-27-44-41(29-36)40-18-5-6-21-43(40)46-44/h1-29H. The number of para-hydroxylation sites is 1. The molecule has 216 valence electrons. The van der Waals surface area contributed by atoms with Crippen LogP contribution in [0.1, 0.15) is 0 Å². The number of nitrogens with zero attached hydrogens (tertiary/aromatic N) is 1. The third kappa shape index (κ3) is 4.43. The van der Waals surface area contributed by atoms with E-state index >= 15 is 0 Å². The van der Waals surface area contributed by atoms with Gasteiger partial charge in [-0.15, -0.1) is 0 Å². The first-order chi connectivity index (χ1) is 22.8. The topological polar surface area (TPSA) is 16.4 Å². The molecule has 0 bridgehead atoms. The summed E-state index contributed by atoms with van der Waals surface area (Å²) in [5.74, 6) is 0. The second-order valence-electron chi connectivity index (χ2n) is 11.8. The lowest BCUT2D eigenvalue weighted by atomic mass is 9.95. The molecule has 0 aliphatic rings.